The molecule has 0 aliphatic carbocycles. The van der Waals surface area contributed by atoms with Crippen molar-refractivity contribution in [2.75, 3.05) is 4.90 Å². The van der Waals surface area contributed by atoms with Gasteiger partial charge in [-0.15, -0.1) is 0 Å². The fourth-order valence-electron chi connectivity index (χ4n) is 3.56. The van der Waals surface area contributed by atoms with Gasteiger partial charge in [-0.05, 0) is 37.3 Å². The Hall–Kier alpha value is -3.95. The number of anilines is 1. The van der Waals surface area contributed by atoms with Crippen LogP contribution in [0.25, 0.3) is 11.4 Å². The van der Waals surface area contributed by atoms with Crippen molar-refractivity contribution in [2.45, 2.75) is 25.6 Å². The fraction of sp³-hybridized carbons (Fsp3) is 0.200. The zero-order valence-corrected chi connectivity index (χ0v) is 15.8. The Balaban J connectivity index is 1.36. The molecule has 2 aliphatic rings. The number of carbonyl (C=O) groups excluding carboxylic acids is 2. The number of carbonyl (C=O) groups is 2. The molecule has 2 atom stereocenters. The summed E-state index contributed by atoms with van der Waals surface area (Å²) in [5.74, 6) is -0.788. The van der Waals surface area contributed by atoms with Gasteiger partial charge in [0.05, 0.1) is 5.69 Å². The Bertz CT molecular complexity index is 1180. The van der Waals surface area contributed by atoms with Crippen LogP contribution in [0.15, 0.2) is 63.4 Å². The van der Waals surface area contributed by atoms with Crippen molar-refractivity contribution in [1.82, 2.24) is 15.1 Å². The summed E-state index contributed by atoms with van der Waals surface area (Å²) in [6.07, 6.45) is 0. The highest BCUT2D eigenvalue weighted by atomic mass is 19.1. The van der Waals surface area contributed by atoms with Crippen molar-refractivity contribution in [3.63, 3.8) is 0 Å². The lowest BCUT2D eigenvalue weighted by Gasteiger charge is -2.19. The predicted octanol–water partition coefficient (Wildman–Crippen LogP) is 2.68. The maximum atomic E-state index is 13.2. The molecule has 1 fully saturated rings. The van der Waals surface area contributed by atoms with Gasteiger partial charge in [-0.3, -0.25) is 14.6 Å². The van der Waals surface area contributed by atoms with Crippen LogP contribution in [0.5, 0.6) is 0 Å². The van der Waals surface area contributed by atoms with Crippen LogP contribution >= 0.6 is 0 Å². The predicted molar refractivity (Wildman–Crippen MR) is 101 cm³/mol. The standard InChI is InChI=1S/C20H15FN6O3/c1-11-3-2-4-12(9-11)18-22-15(30-24-18)10-26-17-16(23-25-26)19(28)27(20(17)29)14-7-5-13(21)6-8-14/h2-9,16-17H,10H2,1H3/t16-,17-/m1/s1. The van der Waals surface area contributed by atoms with Gasteiger partial charge in [-0.2, -0.15) is 10.1 Å². The van der Waals surface area contributed by atoms with Gasteiger partial charge in [0, 0.05) is 5.56 Å². The lowest BCUT2D eigenvalue weighted by Crippen LogP contribution is -2.39. The molecule has 3 aromatic rings. The normalized spacial score (nSPS) is 20.3. The number of rotatable bonds is 4. The monoisotopic (exact) mass is 406 g/mol. The lowest BCUT2D eigenvalue weighted by molar-refractivity contribution is -0.123. The summed E-state index contributed by atoms with van der Waals surface area (Å²) >= 11 is 0. The Morgan fingerprint density at radius 1 is 1.10 bits per heavy atom. The van der Waals surface area contributed by atoms with Crippen molar-refractivity contribution in [3.05, 3.63) is 65.8 Å². The van der Waals surface area contributed by atoms with Gasteiger partial charge in [0.25, 0.3) is 11.8 Å². The van der Waals surface area contributed by atoms with Gasteiger partial charge in [0.15, 0.2) is 12.1 Å². The molecular formula is C20H15FN6O3. The van der Waals surface area contributed by atoms with Crippen molar-refractivity contribution in [3.8, 4) is 11.4 Å². The number of benzene rings is 2. The molecule has 10 heteroatoms. The van der Waals surface area contributed by atoms with E-state index in [9.17, 15) is 14.0 Å². The number of fused-ring (bicyclic) bond motifs is 1. The minimum absolute atomic E-state index is 0.0275. The number of aromatic nitrogens is 2. The van der Waals surface area contributed by atoms with Crippen molar-refractivity contribution < 1.29 is 18.5 Å². The topological polar surface area (TPSA) is 104 Å². The van der Waals surface area contributed by atoms with Crippen molar-refractivity contribution >= 4 is 17.5 Å². The van der Waals surface area contributed by atoms with E-state index in [1.165, 1.54) is 29.3 Å². The number of amides is 2. The Kier molecular flexibility index (Phi) is 4.12. The third-order valence-corrected chi connectivity index (χ3v) is 4.98. The maximum Gasteiger partial charge on any atom is 0.263 e. The summed E-state index contributed by atoms with van der Waals surface area (Å²) < 4.78 is 18.5. The van der Waals surface area contributed by atoms with Gasteiger partial charge in [0.1, 0.15) is 12.4 Å². The zero-order valence-electron chi connectivity index (χ0n) is 15.8. The minimum atomic E-state index is -0.957. The summed E-state index contributed by atoms with van der Waals surface area (Å²) in [7, 11) is 0. The van der Waals surface area contributed by atoms with Gasteiger partial charge in [0.2, 0.25) is 11.7 Å². The summed E-state index contributed by atoms with van der Waals surface area (Å²) in [4.78, 5) is 31.0. The molecule has 2 amide bonds. The van der Waals surface area contributed by atoms with Gasteiger partial charge >= 0.3 is 0 Å². The summed E-state index contributed by atoms with van der Waals surface area (Å²) in [5.41, 5.74) is 2.15. The molecule has 0 spiro atoms. The van der Waals surface area contributed by atoms with Gasteiger partial charge in [-0.25, -0.2) is 9.29 Å². The fourth-order valence-corrected chi connectivity index (χ4v) is 3.56. The van der Waals surface area contributed by atoms with Gasteiger partial charge < -0.3 is 4.52 Å². The Labute approximate surface area is 169 Å². The smallest absolute Gasteiger partial charge is 0.263 e. The molecule has 0 N–H and O–H groups in total. The number of halogens is 1. The quantitative estimate of drug-likeness (QED) is 0.617. The molecule has 1 aromatic heterocycles. The second kappa shape index (κ2) is 6.83. The third kappa shape index (κ3) is 2.93. The van der Waals surface area contributed by atoms with E-state index in [0.29, 0.717) is 5.82 Å². The molecule has 0 bridgehead atoms. The average Bonchev–Trinajstić information content (AvgIpc) is 3.42. The molecule has 0 radical (unpaired) electrons. The molecule has 2 aliphatic heterocycles. The van der Waals surface area contributed by atoms with E-state index < -0.39 is 29.7 Å². The molecule has 2 aromatic carbocycles. The first-order chi connectivity index (χ1) is 14.5. The SMILES string of the molecule is Cc1cccc(-c2noc(CN3N=N[C@H]4C(=O)N(c5ccc(F)cc5)C(=O)[C@@H]43)n2)c1. The number of imide groups is 1. The minimum Gasteiger partial charge on any atom is -0.337 e. The van der Waals surface area contributed by atoms with E-state index in [1.54, 1.807) is 0 Å². The van der Waals surface area contributed by atoms with Crippen LogP contribution in [-0.4, -0.2) is 39.0 Å². The zero-order chi connectivity index (χ0) is 20.8. The molecule has 5 rings (SSSR count). The van der Waals surface area contributed by atoms with Crippen LogP contribution in [0.1, 0.15) is 11.5 Å². The number of hydrogen-bond donors (Lipinski definition) is 0. The third-order valence-electron chi connectivity index (χ3n) is 4.98. The summed E-state index contributed by atoms with van der Waals surface area (Å²) in [6.45, 7) is 1.99. The van der Waals surface area contributed by atoms with Crippen LogP contribution in [0.2, 0.25) is 0 Å². The molecule has 0 unspecified atom stereocenters. The second-order valence-electron chi connectivity index (χ2n) is 7.06. The van der Waals surface area contributed by atoms with E-state index >= 15 is 0 Å². The molecule has 0 saturated carbocycles. The van der Waals surface area contributed by atoms with E-state index in [1.807, 2.05) is 31.2 Å². The lowest BCUT2D eigenvalue weighted by atomic mass is 10.1. The largest absolute Gasteiger partial charge is 0.337 e. The number of nitrogens with zero attached hydrogens (tertiary/aromatic N) is 6. The highest BCUT2D eigenvalue weighted by Crippen LogP contribution is 2.32. The number of hydrogen-bond acceptors (Lipinski definition) is 8. The van der Waals surface area contributed by atoms with E-state index in [4.69, 9.17) is 4.52 Å². The van der Waals surface area contributed by atoms with Crippen LogP contribution < -0.4 is 4.90 Å². The van der Waals surface area contributed by atoms with E-state index in [0.717, 1.165) is 16.0 Å². The van der Waals surface area contributed by atoms with E-state index in [-0.39, 0.29) is 18.1 Å². The first-order valence-corrected chi connectivity index (χ1v) is 9.22. The first-order valence-electron chi connectivity index (χ1n) is 9.22. The molecule has 1 saturated heterocycles. The van der Waals surface area contributed by atoms with Crippen molar-refractivity contribution in [2.24, 2.45) is 10.3 Å². The summed E-state index contributed by atoms with van der Waals surface area (Å²) in [5, 5.41) is 13.2. The highest BCUT2D eigenvalue weighted by molar-refractivity contribution is 6.25. The number of aryl methyl sites for hydroxylation is 1. The first kappa shape index (κ1) is 18.1. The molecule has 3 heterocycles. The van der Waals surface area contributed by atoms with Crippen LogP contribution in [0.3, 0.4) is 0 Å². The van der Waals surface area contributed by atoms with E-state index in [2.05, 4.69) is 20.5 Å². The maximum absolute atomic E-state index is 13.2. The average molecular weight is 406 g/mol. The molecule has 30 heavy (non-hydrogen) atoms. The molecule has 9 nitrogen and oxygen atoms in total. The van der Waals surface area contributed by atoms with Crippen LogP contribution in [0, 0.1) is 12.7 Å². The van der Waals surface area contributed by atoms with Crippen molar-refractivity contribution in [1.29, 1.82) is 0 Å². The molecular weight excluding hydrogens is 391 g/mol. The Morgan fingerprint density at radius 2 is 1.90 bits per heavy atom. The highest BCUT2D eigenvalue weighted by Gasteiger charge is 2.55. The van der Waals surface area contributed by atoms with Gasteiger partial charge in [-0.1, -0.05) is 34.1 Å². The Morgan fingerprint density at radius 3 is 2.67 bits per heavy atom. The molecule has 150 valence electrons. The second-order valence-corrected chi connectivity index (χ2v) is 7.06. The summed E-state index contributed by atoms with van der Waals surface area (Å²) in [6, 6.07) is 10.9. The van der Waals surface area contributed by atoms with Crippen LogP contribution in [0.4, 0.5) is 10.1 Å². The van der Waals surface area contributed by atoms with Crippen LogP contribution in [-0.2, 0) is 16.1 Å².